The molecule has 0 amide bonds. The van der Waals surface area contributed by atoms with Crippen LogP contribution in [0.5, 0.6) is 11.5 Å². The van der Waals surface area contributed by atoms with E-state index in [1.807, 2.05) is 6.07 Å². The van der Waals surface area contributed by atoms with Crippen molar-refractivity contribution in [1.82, 2.24) is 15.6 Å². The van der Waals surface area contributed by atoms with Gasteiger partial charge in [-0.25, -0.2) is 0 Å². The number of aromatic amines is 1. The minimum atomic E-state index is 0.402. The molecule has 1 aliphatic rings. The quantitative estimate of drug-likeness (QED) is 0.359. The van der Waals surface area contributed by atoms with Crippen molar-refractivity contribution in [2.75, 3.05) is 45.3 Å². The standard InChI is InChI=1S/C26H35N5O2/c1-4-27-26(28-12-9-19-18-29-25-8-6-5-7-24(19)25)30-20-10-13-31(14-11-20)21-15-22(32-2)17-23(16-21)33-3/h5-8,15-18,20,29H,4,9-14H2,1-3H3,(H2,27,28,30). The largest absolute Gasteiger partial charge is 0.497 e. The summed E-state index contributed by atoms with van der Waals surface area (Å²) in [6, 6.07) is 14.9. The highest BCUT2D eigenvalue weighted by Gasteiger charge is 2.21. The summed E-state index contributed by atoms with van der Waals surface area (Å²) in [5.41, 5.74) is 3.64. The van der Waals surface area contributed by atoms with Crippen LogP contribution < -0.4 is 25.0 Å². The molecule has 0 atom stereocenters. The predicted octanol–water partition coefficient (Wildman–Crippen LogP) is 3.95. The van der Waals surface area contributed by atoms with Gasteiger partial charge in [-0.2, -0.15) is 0 Å². The lowest BCUT2D eigenvalue weighted by molar-refractivity contribution is 0.393. The summed E-state index contributed by atoms with van der Waals surface area (Å²) in [6.45, 7) is 5.65. The zero-order valence-electron chi connectivity index (χ0n) is 19.9. The van der Waals surface area contributed by atoms with E-state index in [2.05, 4.69) is 70.0 Å². The molecule has 1 aliphatic heterocycles. The van der Waals surface area contributed by atoms with Crippen LogP contribution in [0.3, 0.4) is 0 Å². The first-order chi connectivity index (χ1) is 16.2. The molecule has 3 aromatic rings. The van der Waals surface area contributed by atoms with E-state index in [0.717, 1.165) is 68.6 Å². The molecule has 3 N–H and O–H groups in total. The summed E-state index contributed by atoms with van der Waals surface area (Å²) in [7, 11) is 3.38. The first-order valence-corrected chi connectivity index (χ1v) is 11.8. The van der Waals surface area contributed by atoms with Gasteiger partial charge in [0.1, 0.15) is 11.5 Å². The Kier molecular flexibility index (Phi) is 7.60. The zero-order valence-corrected chi connectivity index (χ0v) is 19.9. The van der Waals surface area contributed by atoms with Gasteiger partial charge >= 0.3 is 0 Å². The molecule has 176 valence electrons. The number of fused-ring (bicyclic) bond motifs is 1. The van der Waals surface area contributed by atoms with Crippen molar-refractivity contribution in [3.8, 4) is 11.5 Å². The normalized spacial score (nSPS) is 15.0. The van der Waals surface area contributed by atoms with Gasteiger partial charge in [0.25, 0.3) is 0 Å². The van der Waals surface area contributed by atoms with Gasteiger partial charge in [0.2, 0.25) is 0 Å². The number of benzene rings is 2. The fraction of sp³-hybridized carbons (Fsp3) is 0.423. The number of aromatic nitrogens is 1. The van der Waals surface area contributed by atoms with E-state index in [1.54, 1.807) is 14.2 Å². The van der Waals surface area contributed by atoms with E-state index in [0.29, 0.717) is 6.04 Å². The Bertz CT molecular complexity index is 1050. The van der Waals surface area contributed by atoms with Crippen LogP contribution in [0.15, 0.2) is 53.7 Å². The molecule has 2 aromatic carbocycles. The number of H-pyrrole nitrogens is 1. The number of para-hydroxylation sites is 1. The van der Waals surface area contributed by atoms with Crippen LogP contribution in [0.25, 0.3) is 10.9 Å². The highest BCUT2D eigenvalue weighted by Crippen LogP contribution is 2.30. The first-order valence-electron chi connectivity index (χ1n) is 11.8. The van der Waals surface area contributed by atoms with E-state index in [1.165, 1.54) is 16.5 Å². The summed E-state index contributed by atoms with van der Waals surface area (Å²) in [5.74, 6) is 2.54. The molecule has 7 nitrogen and oxygen atoms in total. The van der Waals surface area contributed by atoms with Crippen LogP contribution in [0.2, 0.25) is 0 Å². The SMILES string of the molecule is CCNC(=NCCc1c[nH]c2ccccc12)NC1CCN(c2cc(OC)cc(OC)c2)CC1. The molecule has 2 heterocycles. The molecule has 4 rings (SSSR count). The molecule has 0 saturated carbocycles. The minimum Gasteiger partial charge on any atom is -0.497 e. The Balaban J connectivity index is 1.32. The minimum absolute atomic E-state index is 0.402. The van der Waals surface area contributed by atoms with Crippen molar-refractivity contribution >= 4 is 22.5 Å². The van der Waals surface area contributed by atoms with E-state index in [-0.39, 0.29) is 0 Å². The number of anilines is 1. The molecular weight excluding hydrogens is 414 g/mol. The molecule has 1 fully saturated rings. The third-order valence-electron chi connectivity index (χ3n) is 6.21. The maximum atomic E-state index is 5.43. The van der Waals surface area contributed by atoms with Crippen LogP contribution in [-0.4, -0.2) is 57.4 Å². The van der Waals surface area contributed by atoms with E-state index < -0.39 is 0 Å². The van der Waals surface area contributed by atoms with Gasteiger partial charge in [-0.3, -0.25) is 4.99 Å². The van der Waals surface area contributed by atoms with Gasteiger partial charge in [0, 0.05) is 73.2 Å². The van der Waals surface area contributed by atoms with Gasteiger partial charge in [0.15, 0.2) is 5.96 Å². The summed E-state index contributed by atoms with van der Waals surface area (Å²) >= 11 is 0. The molecule has 7 heteroatoms. The Morgan fingerprint density at radius 2 is 1.82 bits per heavy atom. The number of piperidine rings is 1. The summed E-state index contributed by atoms with van der Waals surface area (Å²) in [6.07, 6.45) is 5.11. The number of methoxy groups -OCH3 is 2. The molecule has 0 unspecified atom stereocenters. The summed E-state index contributed by atoms with van der Waals surface area (Å²) in [4.78, 5) is 10.6. The van der Waals surface area contributed by atoms with Crippen molar-refractivity contribution < 1.29 is 9.47 Å². The smallest absolute Gasteiger partial charge is 0.191 e. The zero-order chi connectivity index (χ0) is 23.0. The third kappa shape index (κ3) is 5.72. The van der Waals surface area contributed by atoms with Crippen molar-refractivity contribution in [3.05, 3.63) is 54.2 Å². The van der Waals surface area contributed by atoms with E-state index in [4.69, 9.17) is 14.5 Å². The molecule has 0 aliphatic carbocycles. The summed E-state index contributed by atoms with van der Waals surface area (Å²) < 4.78 is 10.9. The maximum Gasteiger partial charge on any atom is 0.191 e. The number of aliphatic imine (C=N–C) groups is 1. The Hall–Kier alpha value is -3.35. The van der Waals surface area contributed by atoms with Crippen LogP contribution in [-0.2, 0) is 6.42 Å². The average molecular weight is 450 g/mol. The molecular formula is C26H35N5O2. The molecule has 0 bridgehead atoms. The molecule has 1 saturated heterocycles. The van der Waals surface area contributed by atoms with Crippen LogP contribution in [0, 0.1) is 0 Å². The number of rotatable bonds is 8. The third-order valence-corrected chi connectivity index (χ3v) is 6.21. The number of nitrogens with one attached hydrogen (secondary N) is 3. The molecule has 33 heavy (non-hydrogen) atoms. The molecule has 0 radical (unpaired) electrons. The number of hydrogen-bond acceptors (Lipinski definition) is 4. The second-order valence-electron chi connectivity index (χ2n) is 8.35. The van der Waals surface area contributed by atoms with Crippen LogP contribution >= 0.6 is 0 Å². The number of nitrogens with zero attached hydrogens (tertiary/aromatic N) is 2. The van der Waals surface area contributed by atoms with E-state index in [9.17, 15) is 0 Å². The fourth-order valence-electron chi connectivity index (χ4n) is 4.40. The first kappa shape index (κ1) is 22.8. The Morgan fingerprint density at radius 3 is 2.52 bits per heavy atom. The molecule has 1 aromatic heterocycles. The van der Waals surface area contributed by atoms with Gasteiger partial charge in [-0.15, -0.1) is 0 Å². The second kappa shape index (κ2) is 11.0. The monoisotopic (exact) mass is 449 g/mol. The van der Waals surface area contributed by atoms with Crippen LogP contribution in [0.1, 0.15) is 25.3 Å². The van der Waals surface area contributed by atoms with Crippen molar-refractivity contribution in [2.24, 2.45) is 4.99 Å². The molecule has 0 spiro atoms. The van der Waals surface area contributed by atoms with Crippen molar-refractivity contribution in [2.45, 2.75) is 32.2 Å². The van der Waals surface area contributed by atoms with Gasteiger partial charge in [-0.1, -0.05) is 18.2 Å². The topological polar surface area (TPSA) is 73.9 Å². The van der Waals surface area contributed by atoms with E-state index >= 15 is 0 Å². The highest BCUT2D eigenvalue weighted by molar-refractivity contribution is 5.83. The lowest BCUT2D eigenvalue weighted by Crippen LogP contribution is -2.48. The predicted molar refractivity (Wildman–Crippen MR) is 136 cm³/mol. The second-order valence-corrected chi connectivity index (χ2v) is 8.35. The number of hydrogen-bond donors (Lipinski definition) is 3. The maximum absolute atomic E-state index is 5.43. The van der Waals surface area contributed by atoms with Crippen molar-refractivity contribution in [1.29, 1.82) is 0 Å². The lowest BCUT2D eigenvalue weighted by atomic mass is 10.0. The highest BCUT2D eigenvalue weighted by atomic mass is 16.5. The van der Waals surface area contributed by atoms with Gasteiger partial charge in [0.05, 0.1) is 14.2 Å². The summed E-state index contributed by atoms with van der Waals surface area (Å²) in [5, 5.41) is 8.34. The Morgan fingerprint density at radius 1 is 1.09 bits per heavy atom. The van der Waals surface area contributed by atoms with Crippen molar-refractivity contribution in [3.63, 3.8) is 0 Å². The average Bonchev–Trinajstić information content (AvgIpc) is 3.27. The van der Waals surface area contributed by atoms with Gasteiger partial charge in [-0.05, 0) is 37.8 Å². The lowest BCUT2D eigenvalue weighted by Gasteiger charge is -2.34. The Labute approximate surface area is 196 Å². The fourth-order valence-corrected chi connectivity index (χ4v) is 4.40. The van der Waals surface area contributed by atoms with Gasteiger partial charge < -0.3 is 30.0 Å². The number of guanidine groups is 1. The number of ether oxygens (including phenoxy) is 2. The van der Waals surface area contributed by atoms with Crippen LogP contribution in [0.4, 0.5) is 5.69 Å².